The molecule has 0 aromatic carbocycles. The Morgan fingerprint density at radius 2 is 2.50 bits per heavy atom. The molecule has 1 saturated heterocycles. The van der Waals surface area contributed by atoms with Crippen LogP contribution in [0.3, 0.4) is 0 Å². The van der Waals surface area contributed by atoms with Crippen LogP contribution in [0.4, 0.5) is 0 Å². The molecule has 46 valence electrons. The average molecular weight is 112 g/mol. The molecule has 0 aromatic heterocycles. The molecule has 0 unspecified atom stereocenters. The number of aliphatic imine (C=N–C) groups is 1. The zero-order chi connectivity index (χ0) is 5.82. The molecule has 0 spiro atoms. The number of nitrogens with one attached hydrogen (secondary N) is 1. The third-order valence-corrected chi connectivity index (χ3v) is 1.41. The lowest BCUT2D eigenvalue weighted by Gasteiger charge is -2.24. The van der Waals surface area contributed by atoms with Gasteiger partial charge < -0.3 is 5.32 Å². The molecule has 0 atom stereocenters. The van der Waals surface area contributed by atoms with Crippen molar-refractivity contribution in [3.63, 3.8) is 0 Å². The van der Waals surface area contributed by atoms with Crippen molar-refractivity contribution in [2.24, 2.45) is 10.9 Å². The smallest absolute Gasteiger partial charge is 0.0437 e. The average Bonchev–Trinajstić information content (AvgIpc) is 1.63. The predicted molar refractivity (Wildman–Crippen MR) is 35.4 cm³/mol. The highest BCUT2D eigenvalue weighted by molar-refractivity contribution is 5.53. The Kier molecular flexibility index (Phi) is 2.03. The SMILES string of the molecule is CC=NCC1CNC1. The van der Waals surface area contributed by atoms with E-state index in [1.807, 2.05) is 13.1 Å². The van der Waals surface area contributed by atoms with Crippen molar-refractivity contribution in [2.45, 2.75) is 6.92 Å². The Balaban J connectivity index is 2.01. The standard InChI is InChI=1S/C6H12N2/c1-2-7-3-6-4-8-5-6/h2,6,8H,3-5H2,1H3. The highest BCUT2D eigenvalue weighted by atomic mass is 15.0. The van der Waals surface area contributed by atoms with E-state index in [1.165, 1.54) is 0 Å². The van der Waals surface area contributed by atoms with Crippen molar-refractivity contribution in [3.05, 3.63) is 0 Å². The molecule has 1 fully saturated rings. The molecule has 2 nitrogen and oxygen atoms in total. The van der Waals surface area contributed by atoms with E-state index in [0.29, 0.717) is 0 Å². The van der Waals surface area contributed by atoms with Crippen LogP contribution in [0.5, 0.6) is 0 Å². The lowest BCUT2D eigenvalue weighted by molar-refractivity contribution is 0.358. The fourth-order valence-electron chi connectivity index (χ4n) is 0.732. The fraction of sp³-hybridized carbons (Fsp3) is 0.833. The summed E-state index contributed by atoms with van der Waals surface area (Å²) in [7, 11) is 0. The molecule has 0 bridgehead atoms. The van der Waals surface area contributed by atoms with Crippen LogP contribution in [0, 0.1) is 5.92 Å². The van der Waals surface area contributed by atoms with E-state index in [4.69, 9.17) is 0 Å². The largest absolute Gasteiger partial charge is 0.316 e. The van der Waals surface area contributed by atoms with E-state index in [-0.39, 0.29) is 0 Å². The zero-order valence-corrected chi connectivity index (χ0v) is 5.22. The van der Waals surface area contributed by atoms with Crippen LogP contribution < -0.4 is 5.32 Å². The van der Waals surface area contributed by atoms with Crippen LogP contribution in [-0.4, -0.2) is 25.8 Å². The molecule has 0 aliphatic carbocycles. The van der Waals surface area contributed by atoms with Crippen molar-refractivity contribution in [2.75, 3.05) is 19.6 Å². The number of hydrogen-bond donors (Lipinski definition) is 1. The molecule has 1 N–H and O–H groups in total. The van der Waals surface area contributed by atoms with E-state index in [9.17, 15) is 0 Å². The van der Waals surface area contributed by atoms with E-state index >= 15 is 0 Å². The fourth-order valence-corrected chi connectivity index (χ4v) is 0.732. The maximum Gasteiger partial charge on any atom is 0.0437 e. The van der Waals surface area contributed by atoms with Gasteiger partial charge in [-0.15, -0.1) is 0 Å². The van der Waals surface area contributed by atoms with E-state index in [1.54, 1.807) is 0 Å². The lowest BCUT2D eigenvalue weighted by atomic mass is 10.0. The molecule has 0 aromatic rings. The van der Waals surface area contributed by atoms with Gasteiger partial charge in [0.25, 0.3) is 0 Å². The Bertz CT molecular complexity index is 84.5. The summed E-state index contributed by atoms with van der Waals surface area (Å²) in [5, 5.41) is 3.20. The Labute approximate surface area is 50.0 Å². The van der Waals surface area contributed by atoms with Gasteiger partial charge >= 0.3 is 0 Å². The highest BCUT2D eigenvalue weighted by Gasteiger charge is 2.14. The molecule has 0 amide bonds. The molecule has 8 heavy (non-hydrogen) atoms. The Morgan fingerprint density at radius 3 is 2.88 bits per heavy atom. The second kappa shape index (κ2) is 2.82. The van der Waals surface area contributed by atoms with Crippen LogP contribution in [0.15, 0.2) is 4.99 Å². The summed E-state index contributed by atoms with van der Waals surface area (Å²) in [5.41, 5.74) is 0. The molecule has 2 heteroatoms. The number of nitrogens with zero attached hydrogens (tertiary/aromatic N) is 1. The van der Waals surface area contributed by atoms with Gasteiger partial charge in [-0.2, -0.15) is 0 Å². The van der Waals surface area contributed by atoms with Crippen LogP contribution in [0.25, 0.3) is 0 Å². The second-order valence-electron chi connectivity index (χ2n) is 2.15. The minimum Gasteiger partial charge on any atom is -0.316 e. The molecule has 1 aliphatic heterocycles. The predicted octanol–water partition coefficient (Wildman–Crippen LogP) is 0.297. The maximum absolute atomic E-state index is 4.13. The monoisotopic (exact) mass is 112 g/mol. The molecule has 0 saturated carbocycles. The van der Waals surface area contributed by atoms with Gasteiger partial charge in [0.05, 0.1) is 0 Å². The first-order valence-electron chi connectivity index (χ1n) is 3.08. The highest BCUT2D eigenvalue weighted by Crippen LogP contribution is 2.01. The summed E-state index contributed by atoms with van der Waals surface area (Å²) in [4.78, 5) is 4.13. The van der Waals surface area contributed by atoms with Crippen LogP contribution >= 0.6 is 0 Å². The molecule has 1 heterocycles. The first kappa shape index (κ1) is 5.76. The maximum atomic E-state index is 4.13. The zero-order valence-electron chi connectivity index (χ0n) is 5.22. The van der Waals surface area contributed by atoms with Gasteiger partial charge in [-0.1, -0.05) is 0 Å². The van der Waals surface area contributed by atoms with Crippen molar-refractivity contribution in [1.82, 2.24) is 5.32 Å². The Morgan fingerprint density at radius 1 is 1.75 bits per heavy atom. The number of hydrogen-bond acceptors (Lipinski definition) is 2. The van der Waals surface area contributed by atoms with Crippen molar-refractivity contribution in [3.8, 4) is 0 Å². The van der Waals surface area contributed by atoms with Gasteiger partial charge in [0, 0.05) is 25.6 Å². The van der Waals surface area contributed by atoms with Gasteiger partial charge in [0.15, 0.2) is 0 Å². The van der Waals surface area contributed by atoms with E-state index < -0.39 is 0 Å². The molecular weight excluding hydrogens is 100 g/mol. The summed E-state index contributed by atoms with van der Waals surface area (Å²) in [6.07, 6.45) is 1.87. The summed E-state index contributed by atoms with van der Waals surface area (Å²) in [6, 6.07) is 0. The lowest BCUT2D eigenvalue weighted by Crippen LogP contribution is -2.43. The second-order valence-corrected chi connectivity index (χ2v) is 2.15. The van der Waals surface area contributed by atoms with Crippen LogP contribution in [0.2, 0.25) is 0 Å². The number of rotatable bonds is 2. The topological polar surface area (TPSA) is 24.4 Å². The van der Waals surface area contributed by atoms with E-state index in [0.717, 1.165) is 25.6 Å². The molecule has 1 rings (SSSR count). The molecule has 0 radical (unpaired) electrons. The van der Waals surface area contributed by atoms with Gasteiger partial charge in [-0.25, -0.2) is 0 Å². The third-order valence-electron chi connectivity index (χ3n) is 1.41. The normalized spacial score (nSPS) is 21.6. The minimum absolute atomic E-state index is 0.825. The van der Waals surface area contributed by atoms with Crippen LogP contribution in [-0.2, 0) is 0 Å². The van der Waals surface area contributed by atoms with Gasteiger partial charge in [-0.05, 0) is 13.1 Å². The first-order chi connectivity index (χ1) is 3.93. The van der Waals surface area contributed by atoms with Crippen molar-refractivity contribution < 1.29 is 0 Å². The van der Waals surface area contributed by atoms with Crippen molar-refractivity contribution in [1.29, 1.82) is 0 Å². The quantitative estimate of drug-likeness (QED) is 0.510. The molecular formula is C6H12N2. The molecule has 1 aliphatic rings. The van der Waals surface area contributed by atoms with Crippen molar-refractivity contribution >= 4 is 6.21 Å². The third kappa shape index (κ3) is 1.30. The first-order valence-corrected chi connectivity index (χ1v) is 3.08. The van der Waals surface area contributed by atoms with Gasteiger partial charge in [0.2, 0.25) is 0 Å². The Hall–Kier alpha value is -0.370. The van der Waals surface area contributed by atoms with Crippen LogP contribution in [0.1, 0.15) is 6.92 Å². The van der Waals surface area contributed by atoms with E-state index in [2.05, 4.69) is 10.3 Å². The minimum atomic E-state index is 0.825. The van der Waals surface area contributed by atoms with Gasteiger partial charge in [-0.3, -0.25) is 4.99 Å². The van der Waals surface area contributed by atoms with Gasteiger partial charge in [0.1, 0.15) is 0 Å². The summed E-state index contributed by atoms with van der Waals surface area (Å²) < 4.78 is 0. The summed E-state index contributed by atoms with van der Waals surface area (Å²) >= 11 is 0. The summed E-state index contributed by atoms with van der Waals surface area (Å²) in [5.74, 6) is 0.825. The summed E-state index contributed by atoms with van der Waals surface area (Å²) in [6.45, 7) is 5.31.